The van der Waals surface area contributed by atoms with Gasteiger partial charge in [0.15, 0.2) is 0 Å². The van der Waals surface area contributed by atoms with Gasteiger partial charge in [0, 0.05) is 12.2 Å². The van der Waals surface area contributed by atoms with Crippen molar-refractivity contribution in [3.8, 4) is 44.5 Å². The zero-order valence-electron chi connectivity index (χ0n) is 56.0. The molecular weight excluding hydrogens is 1120 g/mol. The Morgan fingerprint density at radius 1 is 0.310 bits per heavy atom. The Balaban J connectivity index is 0.00000982. The molecule has 0 spiro atoms. The van der Waals surface area contributed by atoms with Gasteiger partial charge in [-0.15, -0.1) is 22.1 Å². The van der Waals surface area contributed by atoms with E-state index in [1.54, 1.807) is 12.2 Å². The van der Waals surface area contributed by atoms with Crippen LogP contribution in [0.15, 0.2) is 97.1 Å². The predicted octanol–water partition coefficient (Wildman–Crippen LogP) is 20.2. The minimum atomic E-state index is -0.335. The number of benzene rings is 4. The van der Waals surface area contributed by atoms with Gasteiger partial charge in [0.25, 0.3) is 11.4 Å². The fourth-order valence-electron chi connectivity index (χ4n) is 11.2. The first-order valence-corrected chi connectivity index (χ1v) is 30.4. The molecule has 2 aliphatic rings. The molecule has 4 aromatic carbocycles. The fraction of sp³-hybridized carbons (Fsp3) is 0.421. The molecular formula is C76H90CuN6O4. The van der Waals surface area contributed by atoms with Crippen molar-refractivity contribution < 1.29 is 26.9 Å². The predicted molar refractivity (Wildman–Crippen MR) is 360 cm³/mol. The first-order valence-electron chi connectivity index (χ1n) is 30.4. The molecule has 3 aromatic heterocycles. The van der Waals surface area contributed by atoms with Crippen LogP contribution < -0.4 is 9.97 Å². The summed E-state index contributed by atoms with van der Waals surface area (Å²) >= 11 is 0. The van der Waals surface area contributed by atoms with Crippen LogP contribution >= 0.6 is 0 Å². The van der Waals surface area contributed by atoms with Gasteiger partial charge in [0.05, 0.1) is 21.2 Å². The molecule has 10 nitrogen and oxygen atoms in total. The normalized spacial score (nSPS) is 13.7. The molecule has 0 N–H and O–H groups in total. The maximum atomic E-state index is 14.1. The average molecular weight is 1220 g/mol. The van der Waals surface area contributed by atoms with E-state index >= 15 is 0 Å². The molecule has 5 heterocycles. The van der Waals surface area contributed by atoms with Crippen molar-refractivity contribution in [2.24, 2.45) is 0 Å². The van der Waals surface area contributed by atoms with Crippen molar-refractivity contribution in [2.45, 2.75) is 209 Å². The van der Waals surface area contributed by atoms with Gasteiger partial charge in [-0.05, 0) is 132 Å². The molecule has 9 rings (SSSR count). The van der Waals surface area contributed by atoms with E-state index in [9.17, 15) is 20.2 Å². The molecule has 8 bridgehead atoms. The summed E-state index contributed by atoms with van der Waals surface area (Å²) in [5.74, 6) is 0. The van der Waals surface area contributed by atoms with Crippen LogP contribution in [0.3, 0.4) is 0 Å². The molecule has 0 aliphatic carbocycles. The molecule has 0 unspecified atom stereocenters. The number of aromatic nitrogens is 4. The monoisotopic (exact) mass is 1210 g/mol. The van der Waals surface area contributed by atoms with E-state index in [1.807, 2.05) is 24.3 Å². The van der Waals surface area contributed by atoms with Crippen molar-refractivity contribution in [1.29, 1.82) is 0 Å². The van der Waals surface area contributed by atoms with E-state index in [4.69, 9.17) is 19.9 Å². The number of hydrogen-bond donors (Lipinski definition) is 0. The molecule has 0 saturated heterocycles. The summed E-state index contributed by atoms with van der Waals surface area (Å²) in [4.78, 5) is 50.0. The Hall–Kier alpha value is -7.20. The second-order valence-corrected chi connectivity index (χ2v) is 32.4. The third-order valence-corrected chi connectivity index (χ3v) is 17.0. The molecule has 459 valence electrons. The van der Waals surface area contributed by atoms with Crippen molar-refractivity contribution in [1.82, 2.24) is 19.9 Å². The van der Waals surface area contributed by atoms with Crippen LogP contribution in [-0.4, -0.2) is 19.8 Å². The number of nitro groups is 2. The van der Waals surface area contributed by atoms with Crippen LogP contribution in [0, 0.1) is 20.2 Å². The maximum Gasteiger partial charge on any atom is 2.00 e. The van der Waals surface area contributed by atoms with Gasteiger partial charge in [-0.2, -0.15) is 0 Å². The zero-order chi connectivity index (χ0) is 63.7. The number of nitrogens with zero attached hydrogens (tertiary/aromatic N) is 6. The van der Waals surface area contributed by atoms with Crippen molar-refractivity contribution in [3.05, 3.63) is 185 Å². The van der Waals surface area contributed by atoms with Crippen LogP contribution in [0.5, 0.6) is 0 Å². The van der Waals surface area contributed by atoms with Crippen molar-refractivity contribution >= 4 is 45.6 Å². The number of rotatable bonds is 6. The zero-order valence-corrected chi connectivity index (χ0v) is 57.0. The minimum Gasteiger partial charge on any atom is -0.657 e. The summed E-state index contributed by atoms with van der Waals surface area (Å²) in [7, 11) is 0. The van der Waals surface area contributed by atoms with Crippen molar-refractivity contribution in [2.75, 3.05) is 0 Å². The first-order chi connectivity index (χ1) is 39.3. The summed E-state index contributed by atoms with van der Waals surface area (Å²) < 4.78 is 0. The number of hydrogen-bond acceptors (Lipinski definition) is 6. The molecule has 0 fully saturated rings. The quantitative estimate of drug-likeness (QED) is 0.0911. The van der Waals surface area contributed by atoms with Crippen LogP contribution in [0.1, 0.15) is 233 Å². The average Bonchev–Trinajstić information content (AvgIpc) is 1.68. The molecule has 2 aliphatic heterocycles. The van der Waals surface area contributed by atoms with E-state index in [2.05, 4.69) is 239 Å². The molecule has 87 heavy (non-hydrogen) atoms. The van der Waals surface area contributed by atoms with Crippen molar-refractivity contribution in [3.63, 3.8) is 0 Å². The van der Waals surface area contributed by atoms with Gasteiger partial charge in [0.2, 0.25) is 0 Å². The topological polar surface area (TPSA) is 140 Å². The summed E-state index contributed by atoms with van der Waals surface area (Å²) in [6.07, 6.45) is 3.23. The van der Waals surface area contributed by atoms with E-state index in [1.165, 1.54) is 0 Å². The Bertz CT molecular complexity index is 3790. The minimum absolute atomic E-state index is 0. The smallest absolute Gasteiger partial charge is 0.657 e. The summed E-state index contributed by atoms with van der Waals surface area (Å²) in [5, 5.41) is 28.3. The van der Waals surface area contributed by atoms with Gasteiger partial charge in [-0.3, -0.25) is 20.2 Å². The Kier molecular flexibility index (Phi) is 16.7. The van der Waals surface area contributed by atoms with Gasteiger partial charge >= 0.3 is 17.1 Å². The molecule has 11 heteroatoms. The second-order valence-electron chi connectivity index (χ2n) is 32.4. The largest absolute Gasteiger partial charge is 2.00 e. The Labute approximate surface area is 528 Å². The first kappa shape index (κ1) is 65.8. The van der Waals surface area contributed by atoms with Crippen LogP contribution in [-0.2, 0) is 60.4 Å². The van der Waals surface area contributed by atoms with Gasteiger partial charge in [-0.25, -0.2) is 9.97 Å². The standard InChI is InChI=1S/C76H90N6O4.Cu/c1-69(2,3)47-29-43(30-48(37-47)70(4,5)6)63-55-25-26-56(77-55)64(44-31-49(71(7,8)9)38-50(32-44)72(10,11)12)60-42-62(82(85)86)68(80-60)66(46-35-53(75(19,20)21)40-54(36-46)76(22,23)24)58-28-27-57(78-58)65(67-61(81(83)84)41-59(63)79-67)45-33-51(73(13,14)15)39-52(34-45)74(16,17)18;/h25-42H,1-24H3;/q-2;+2. The van der Waals surface area contributed by atoms with Crippen LogP contribution in [0.25, 0.3) is 90.1 Å². The molecule has 7 aromatic rings. The third kappa shape index (κ3) is 13.3. The molecule has 0 saturated carbocycles. The van der Waals surface area contributed by atoms with Crippen LogP contribution in [0.2, 0.25) is 0 Å². The summed E-state index contributed by atoms with van der Waals surface area (Å²) in [6.45, 7) is 52.3. The fourth-order valence-corrected chi connectivity index (χ4v) is 11.2. The van der Waals surface area contributed by atoms with E-state index in [-0.39, 0.29) is 93.0 Å². The Morgan fingerprint density at radius 2 is 0.494 bits per heavy atom. The SMILES string of the molecule is CC(C)(C)c1cc(-c2c3nc(c(-c4cc(C(C)(C)C)cc(C(C)(C)C)c4)c4ccc([n-]4)c(-c4cc(C(C)(C)C)cc(C(C)(C)C)c4)c4nc(c(-c5cc(C(C)(C)C)cc(C(C)(C)C)c5)c5ccc2[n-]5)C=C4[N+](=O)[O-])C([N+](=O)[O-])=C3)cc(C(C)(C)C)c1.[Cu+2]. The van der Waals surface area contributed by atoms with E-state index in [0.29, 0.717) is 66.8 Å². The summed E-state index contributed by atoms with van der Waals surface area (Å²) in [5.41, 5.74) is 13.7. The van der Waals surface area contributed by atoms with E-state index in [0.717, 1.165) is 55.6 Å². The Morgan fingerprint density at radius 3 is 0.678 bits per heavy atom. The third-order valence-electron chi connectivity index (χ3n) is 17.0. The van der Waals surface area contributed by atoms with Gasteiger partial charge in [0.1, 0.15) is 11.4 Å². The second kappa shape index (κ2) is 22.1. The molecule has 0 amide bonds. The van der Waals surface area contributed by atoms with Crippen LogP contribution in [0.4, 0.5) is 0 Å². The molecule has 0 atom stereocenters. The van der Waals surface area contributed by atoms with Gasteiger partial charge in [-0.1, -0.05) is 263 Å². The van der Waals surface area contributed by atoms with Gasteiger partial charge < -0.3 is 9.97 Å². The van der Waals surface area contributed by atoms with E-state index < -0.39 is 0 Å². The number of fused-ring (bicyclic) bond motifs is 8. The molecule has 1 radical (unpaired) electrons. The maximum absolute atomic E-state index is 14.1. The summed E-state index contributed by atoms with van der Waals surface area (Å²) in [6, 6.07) is 33.8.